The highest BCUT2D eigenvalue weighted by molar-refractivity contribution is 5.72. The summed E-state index contributed by atoms with van der Waals surface area (Å²) in [4.78, 5) is 15.4. The molecule has 0 aliphatic carbocycles. The lowest BCUT2D eigenvalue weighted by Gasteiger charge is -2.21. The number of ether oxygens (including phenoxy) is 1. The quantitative estimate of drug-likeness (QED) is 0.0523. The van der Waals surface area contributed by atoms with Gasteiger partial charge in [-0.15, -0.1) is 0 Å². The summed E-state index contributed by atoms with van der Waals surface area (Å²) in [6.07, 6.45) is 42.8. The molecule has 0 aromatic rings. The lowest BCUT2D eigenvalue weighted by Crippen LogP contribution is -2.29. The van der Waals surface area contributed by atoms with E-state index >= 15 is 0 Å². The van der Waals surface area contributed by atoms with Gasteiger partial charge in [-0.1, -0.05) is 201 Å². The maximum atomic E-state index is 12.9. The van der Waals surface area contributed by atoms with Gasteiger partial charge >= 0.3 is 5.97 Å². The minimum atomic E-state index is 0.0789. The number of hydrogen-bond donors (Lipinski definition) is 1. The van der Waals surface area contributed by atoms with Crippen molar-refractivity contribution in [3.05, 3.63) is 0 Å². The Hall–Kier alpha value is -0.610. The van der Waals surface area contributed by atoms with Gasteiger partial charge in [-0.2, -0.15) is 0 Å². The van der Waals surface area contributed by atoms with Crippen molar-refractivity contribution in [3.8, 4) is 0 Å². The van der Waals surface area contributed by atoms with E-state index in [1.807, 2.05) is 0 Å². The number of aliphatic hydroxyl groups excluding tert-OH is 1. The molecule has 0 saturated heterocycles. The van der Waals surface area contributed by atoms with Gasteiger partial charge in [0.25, 0.3) is 0 Å². The van der Waals surface area contributed by atoms with Crippen LogP contribution in [0.25, 0.3) is 0 Å². The Kier molecular flexibility index (Phi) is 39.3. The van der Waals surface area contributed by atoms with Crippen LogP contribution in [0.5, 0.6) is 0 Å². The van der Waals surface area contributed by atoms with Crippen molar-refractivity contribution in [2.24, 2.45) is 5.92 Å². The van der Waals surface area contributed by atoms with E-state index in [0.29, 0.717) is 6.61 Å². The molecule has 0 rings (SSSR count). The molecular weight excluding hydrogens is 578 g/mol. The number of aliphatic hydroxyl groups is 1. The molecule has 0 unspecified atom stereocenters. The second-order valence-corrected chi connectivity index (χ2v) is 14.9. The predicted molar refractivity (Wildman–Crippen MR) is 207 cm³/mol. The average molecular weight is 666 g/mol. The van der Waals surface area contributed by atoms with Crippen LogP contribution in [0, 0.1) is 5.92 Å². The maximum Gasteiger partial charge on any atom is 0.308 e. The fraction of sp³-hybridized carbons (Fsp3) is 0.977. The molecule has 0 aliphatic rings. The summed E-state index contributed by atoms with van der Waals surface area (Å²) in [6.45, 7) is 10.7. The molecule has 0 aromatic carbocycles. The highest BCUT2D eigenvalue weighted by atomic mass is 16.5. The molecule has 0 spiro atoms. The van der Waals surface area contributed by atoms with Gasteiger partial charge in [-0.05, 0) is 45.2 Å². The molecule has 0 radical (unpaired) electrons. The third kappa shape index (κ3) is 35.0. The molecule has 47 heavy (non-hydrogen) atoms. The average Bonchev–Trinajstić information content (AvgIpc) is 3.07. The van der Waals surface area contributed by atoms with E-state index in [9.17, 15) is 9.90 Å². The Morgan fingerprint density at radius 1 is 0.447 bits per heavy atom. The molecule has 0 saturated carbocycles. The fourth-order valence-electron chi connectivity index (χ4n) is 6.99. The molecule has 1 N–H and O–H groups in total. The molecule has 4 heteroatoms. The Morgan fingerprint density at radius 2 is 0.766 bits per heavy atom. The molecule has 0 atom stereocenters. The monoisotopic (exact) mass is 666 g/mol. The number of unbranched alkanes of at least 4 members (excludes halogenated alkanes) is 27. The van der Waals surface area contributed by atoms with Crippen molar-refractivity contribution in [2.75, 3.05) is 32.8 Å². The molecule has 0 bridgehead atoms. The number of hydrogen-bond acceptors (Lipinski definition) is 4. The van der Waals surface area contributed by atoms with Gasteiger partial charge in [0.15, 0.2) is 0 Å². The van der Waals surface area contributed by atoms with Gasteiger partial charge in [-0.3, -0.25) is 4.79 Å². The Bertz CT molecular complexity index is 582. The first-order chi connectivity index (χ1) is 23.2. The van der Waals surface area contributed by atoms with Gasteiger partial charge in [0.2, 0.25) is 0 Å². The van der Waals surface area contributed by atoms with E-state index in [2.05, 4.69) is 25.7 Å². The number of carbonyl (C=O) groups excluding carboxylic acids is 1. The number of carbonyl (C=O) groups is 1. The van der Waals surface area contributed by atoms with E-state index in [-0.39, 0.29) is 18.5 Å². The number of rotatable bonds is 40. The Labute approximate surface area is 296 Å². The first-order valence-electron chi connectivity index (χ1n) is 21.7. The van der Waals surface area contributed by atoms with Crippen LogP contribution in [0.2, 0.25) is 0 Å². The van der Waals surface area contributed by atoms with Crippen LogP contribution in [-0.2, 0) is 9.53 Å². The van der Waals surface area contributed by atoms with Crippen molar-refractivity contribution >= 4 is 5.97 Å². The highest BCUT2D eigenvalue weighted by Crippen LogP contribution is 2.21. The topological polar surface area (TPSA) is 49.8 Å². The Morgan fingerprint density at radius 3 is 1.13 bits per heavy atom. The van der Waals surface area contributed by atoms with Crippen LogP contribution < -0.4 is 0 Å². The molecule has 0 aromatic heterocycles. The molecule has 4 nitrogen and oxygen atoms in total. The van der Waals surface area contributed by atoms with Crippen LogP contribution in [0.15, 0.2) is 0 Å². The summed E-state index contributed by atoms with van der Waals surface area (Å²) in [7, 11) is 0. The lowest BCUT2D eigenvalue weighted by atomic mass is 9.94. The number of esters is 1. The molecule has 0 fully saturated rings. The normalized spacial score (nSPS) is 11.7. The summed E-state index contributed by atoms with van der Waals surface area (Å²) in [6, 6.07) is 0. The SMILES string of the molecule is CCCCCCCCCCCCCCCCN(CCO)CCCCCCCOC(=O)C(CCCCCCCC)CCCCCCCC. The van der Waals surface area contributed by atoms with Gasteiger partial charge in [0.05, 0.1) is 19.1 Å². The third-order valence-corrected chi connectivity index (χ3v) is 10.3. The van der Waals surface area contributed by atoms with Crippen LogP contribution in [0.1, 0.15) is 233 Å². The first-order valence-corrected chi connectivity index (χ1v) is 21.7. The van der Waals surface area contributed by atoms with Crippen molar-refractivity contribution < 1.29 is 14.6 Å². The van der Waals surface area contributed by atoms with E-state index in [1.54, 1.807) is 0 Å². The van der Waals surface area contributed by atoms with Crippen LogP contribution in [0.4, 0.5) is 0 Å². The summed E-state index contributed by atoms with van der Waals surface area (Å²) in [5, 5.41) is 9.54. The smallest absolute Gasteiger partial charge is 0.308 e. The first kappa shape index (κ1) is 46.4. The minimum absolute atomic E-state index is 0.0789. The largest absolute Gasteiger partial charge is 0.465 e. The zero-order valence-electron chi connectivity index (χ0n) is 32.7. The summed E-state index contributed by atoms with van der Waals surface area (Å²) >= 11 is 0. The highest BCUT2D eigenvalue weighted by Gasteiger charge is 2.19. The summed E-state index contributed by atoms with van der Waals surface area (Å²) in [5.41, 5.74) is 0. The van der Waals surface area contributed by atoms with Gasteiger partial charge < -0.3 is 14.7 Å². The van der Waals surface area contributed by atoms with E-state index < -0.39 is 0 Å². The summed E-state index contributed by atoms with van der Waals surface area (Å²) in [5.74, 6) is 0.194. The molecule has 0 heterocycles. The second kappa shape index (κ2) is 39.8. The van der Waals surface area contributed by atoms with Gasteiger partial charge in [0, 0.05) is 6.54 Å². The van der Waals surface area contributed by atoms with Crippen molar-refractivity contribution in [2.45, 2.75) is 233 Å². The molecule has 0 aliphatic heterocycles. The van der Waals surface area contributed by atoms with E-state index in [4.69, 9.17) is 4.74 Å². The zero-order chi connectivity index (χ0) is 34.3. The van der Waals surface area contributed by atoms with Crippen LogP contribution in [0.3, 0.4) is 0 Å². The van der Waals surface area contributed by atoms with Gasteiger partial charge in [-0.25, -0.2) is 0 Å². The Balaban J connectivity index is 3.91. The number of nitrogens with zero attached hydrogens (tertiary/aromatic N) is 1. The fourth-order valence-corrected chi connectivity index (χ4v) is 6.99. The van der Waals surface area contributed by atoms with Crippen molar-refractivity contribution in [1.82, 2.24) is 4.90 Å². The molecular formula is C43H87NO3. The molecule has 282 valence electrons. The predicted octanol–water partition coefficient (Wildman–Crippen LogP) is 13.4. The van der Waals surface area contributed by atoms with Crippen molar-refractivity contribution in [1.29, 1.82) is 0 Å². The standard InChI is InChI=1S/C43H87NO3/c1-4-7-10-13-16-17-18-19-20-21-22-23-27-32-37-44(39-40-45)38-33-28-24-29-34-41-47-43(46)42(35-30-25-14-11-8-5-2)36-31-26-15-12-9-6-3/h42,45H,4-41H2,1-3H3. The maximum absolute atomic E-state index is 12.9. The molecule has 0 amide bonds. The van der Waals surface area contributed by atoms with Crippen LogP contribution in [-0.4, -0.2) is 48.8 Å². The van der Waals surface area contributed by atoms with Crippen molar-refractivity contribution in [3.63, 3.8) is 0 Å². The van der Waals surface area contributed by atoms with Crippen LogP contribution >= 0.6 is 0 Å². The lowest BCUT2D eigenvalue weighted by molar-refractivity contribution is -0.149. The van der Waals surface area contributed by atoms with Gasteiger partial charge in [0.1, 0.15) is 0 Å². The zero-order valence-corrected chi connectivity index (χ0v) is 32.7. The summed E-state index contributed by atoms with van der Waals surface area (Å²) < 4.78 is 5.81. The van der Waals surface area contributed by atoms with E-state index in [0.717, 1.165) is 45.3 Å². The second-order valence-electron chi connectivity index (χ2n) is 14.9. The third-order valence-electron chi connectivity index (χ3n) is 10.3. The van der Waals surface area contributed by atoms with E-state index in [1.165, 1.54) is 186 Å². The minimum Gasteiger partial charge on any atom is -0.465 e.